The Morgan fingerprint density at radius 2 is 1.92 bits per heavy atom. The van der Waals surface area contributed by atoms with E-state index in [4.69, 9.17) is 5.14 Å². The topological polar surface area (TPSA) is 120 Å². The van der Waals surface area contributed by atoms with Crippen molar-refractivity contribution in [3.63, 3.8) is 0 Å². The fourth-order valence-electron chi connectivity index (χ4n) is 2.66. The van der Waals surface area contributed by atoms with Gasteiger partial charge in [0, 0.05) is 12.1 Å². The van der Waals surface area contributed by atoms with E-state index in [9.17, 15) is 13.2 Å². The van der Waals surface area contributed by atoms with Crippen molar-refractivity contribution in [1.29, 1.82) is 0 Å². The van der Waals surface area contributed by atoms with Crippen molar-refractivity contribution in [3.05, 3.63) is 53.6 Å². The van der Waals surface area contributed by atoms with Gasteiger partial charge in [-0.1, -0.05) is 17.3 Å². The summed E-state index contributed by atoms with van der Waals surface area (Å²) >= 11 is 0. The zero-order chi connectivity index (χ0) is 18.9. The van der Waals surface area contributed by atoms with Crippen LogP contribution in [0.15, 0.2) is 47.4 Å². The molecule has 1 atom stereocenters. The number of fused-ring (bicyclic) bond motifs is 1. The molecule has 26 heavy (non-hydrogen) atoms. The normalized spacial score (nSPS) is 12.9. The molecule has 136 valence electrons. The van der Waals surface area contributed by atoms with Crippen LogP contribution in [0.1, 0.15) is 35.8 Å². The summed E-state index contributed by atoms with van der Waals surface area (Å²) in [5.41, 5.74) is 2.78. The van der Waals surface area contributed by atoms with Gasteiger partial charge in [-0.05, 0) is 49.7 Å². The highest BCUT2D eigenvalue weighted by Gasteiger charge is 2.14. The second-order valence-electron chi connectivity index (χ2n) is 5.92. The molecule has 0 saturated heterocycles. The van der Waals surface area contributed by atoms with Crippen molar-refractivity contribution in [3.8, 4) is 0 Å². The molecule has 0 bridgehead atoms. The van der Waals surface area contributed by atoms with Gasteiger partial charge in [0.15, 0.2) is 0 Å². The van der Waals surface area contributed by atoms with Gasteiger partial charge in [0.2, 0.25) is 10.0 Å². The predicted octanol–water partition coefficient (Wildman–Crippen LogP) is 1.59. The van der Waals surface area contributed by atoms with Crippen molar-refractivity contribution < 1.29 is 13.2 Å². The molecule has 1 amide bonds. The molecule has 9 heteroatoms. The Bertz CT molecular complexity index is 1060. The first kappa shape index (κ1) is 18.0. The molecule has 1 aromatic heterocycles. The zero-order valence-electron chi connectivity index (χ0n) is 14.4. The van der Waals surface area contributed by atoms with Gasteiger partial charge in [-0.2, -0.15) is 0 Å². The van der Waals surface area contributed by atoms with Crippen LogP contribution in [0, 0.1) is 0 Å². The first-order chi connectivity index (χ1) is 12.3. The molecule has 0 aliphatic carbocycles. The second-order valence-corrected chi connectivity index (χ2v) is 7.48. The van der Waals surface area contributed by atoms with E-state index in [1.807, 2.05) is 19.9 Å². The number of hydrogen-bond donors (Lipinski definition) is 2. The maximum atomic E-state index is 12.5. The quantitative estimate of drug-likeness (QED) is 0.704. The fraction of sp³-hybridized carbons (Fsp3) is 0.235. The lowest BCUT2D eigenvalue weighted by Gasteiger charge is -2.15. The number of aromatic nitrogens is 3. The molecule has 0 aliphatic rings. The van der Waals surface area contributed by atoms with Crippen molar-refractivity contribution in [1.82, 2.24) is 20.3 Å². The third-order valence-electron chi connectivity index (χ3n) is 4.13. The van der Waals surface area contributed by atoms with Gasteiger partial charge in [-0.25, -0.2) is 18.2 Å². The number of benzene rings is 2. The highest BCUT2D eigenvalue weighted by Crippen LogP contribution is 2.18. The Balaban J connectivity index is 1.76. The maximum absolute atomic E-state index is 12.5. The molecule has 0 saturated carbocycles. The lowest BCUT2D eigenvalue weighted by Crippen LogP contribution is -2.26. The summed E-state index contributed by atoms with van der Waals surface area (Å²) in [6, 6.07) is 11.0. The summed E-state index contributed by atoms with van der Waals surface area (Å²) in [5, 5.41) is 16.1. The van der Waals surface area contributed by atoms with E-state index in [2.05, 4.69) is 15.6 Å². The number of primary sulfonamides is 1. The van der Waals surface area contributed by atoms with Gasteiger partial charge >= 0.3 is 0 Å². The van der Waals surface area contributed by atoms with Crippen LogP contribution < -0.4 is 10.5 Å². The lowest BCUT2D eigenvalue weighted by atomic mass is 10.1. The van der Waals surface area contributed by atoms with E-state index in [-0.39, 0.29) is 16.8 Å². The molecule has 0 spiro atoms. The summed E-state index contributed by atoms with van der Waals surface area (Å²) in [6.07, 6.45) is 0. The molecular formula is C17H19N5O3S. The molecule has 8 nitrogen and oxygen atoms in total. The number of nitrogens with two attached hydrogens (primary N) is 1. The molecule has 0 fully saturated rings. The molecule has 0 aliphatic heterocycles. The minimum absolute atomic E-state index is 0.0317. The summed E-state index contributed by atoms with van der Waals surface area (Å²) < 4.78 is 24.4. The van der Waals surface area contributed by atoms with Crippen molar-refractivity contribution in [2.75, 3.05) is 0 Å². The third kappa shape index (κ3) is 3.58. The van der Waals surface area contributed by atoms with Crippen LogP contribution >= 0.6 is 0 Å². The number of nitrogens with one attached hydrogen (secondary N) is 1. The van der Waals surface area contributed by atoms with Crippen LogP contribution in [-0.2, 0) is 16.6 Å². The number of sulfonamides is 1. The average Bonchev–Trinajstić information content (AvgIpc) is 3.03. The molecule has 3 N–H and O–H groups in total. The number of aryl methyl sites for hydroxylation is 1. The molecule has 1 unspecified atom stereocenters. The number of carbonyl (C=O) groups is 1. The van der Waals surface area contributed by atoms with Crippen LogP contribution in [0.2, 0.25) is 0 Å². The Morgan fingerprint density at radius 1 is 1.23 bits per heavy atom. The minimum Gasteiger partial charge on any atom is -0.346 e. The van der Waals surface area contributed by atoms with E-state index in [0.29, 0.717) is 17.6 Å². The highest BCUT2D eigenvalue weighted by atomic mass is 32.2. The lowest BCUT2D eigenvalue weighted by molar-refractivity contribution is 0.0940. The van der Waals surface area contributed by atoms with Crippen LogP contribution in [0.3, 0.4) is 0 Å². The van der Waals surface area contributed by atoms with Gasteiger partial charge in [-0.3, -0.25) is 4.79 Å². The number of rotatable bonds is 5. The smallest absolute Gasteiger partial charge is 0.251 e. The summed E-state index contributed by atoms with van der Waals surface area (Å²) in [4.78, 5) is 12.5. The molecule has 3 aromatic rings. The number of carbonyl (C=O) groups excluding carboxylic acids is 1. The van der Waals surface area contributed by atoms with Gasteiger partial charge in [0.1, 0.15) is 5.52 Å². The van der Waals surface area contributed by atoms with Crippen LogP contribution in [0.4, 0.5) is 0 Å². The molecular weight excluding hydrogens is 354 g/mol. The number of nitrogens with zero attached hydrogens (tertiary/aromatic N) is 3. The van der Waals surface area contributed by atoms with Crippen LogP contribution in [-0.4, -0.2) is 29.3 Å². The summed E-state index contributed by atoms with van der Waals surface area (Å²) in [6.45, 7) is 4.49. The Kier molecular flexibility index (Phi) is 4.75. The van der Waals surface area contributed by atoms with Crippen molar-refractivity contribution in [2.45, 2.75) is 31.3 Å². The Hall–Kier alpha value is -2.78. The Labute approximate surface area is 151 Å². The van der Waals surface area contributed by atoms with E-state index in [1.54, 1.807) is 28.9 Å². The van der Waals surface area contributed by atoms with Gasteiger partial charge in [-0.15, -0.1) is 5.10 Å². The van der Waals surface area contributed by atoms with Gasteiger partial charge < -0.3 is 5.32 Å². The number of hydrogen-bond acceptors (Lipinski definition) is 5. The predicted molar refractivity (Wildman–Crippen MR) is 96.9 cm³/mol. The first-order valence-electron chi connectivity index (χ1n) is 8.06. The first-order valence-corrected chi connectivity index (χ1v) is 9.61. The Morgan fingerprint density at radius 3 is 2.54 bits per heavy atom. The van der Waals surface area contributed by atoms with E-state index in [1.165, 1.54) is 12.1 Å². The molecule has 0 radical (unpaired) electrons. The maximum Gasteiger partial charge on any atom is 0.251 e. The standard InChI is InChI=1S/C17H19N5O3S/c1-3-22-16-9-6-13(10-15(16)20-21-22)17(23)19-11(2)12-4-7-14(8-5-12)26(18,24)25/h4-11H,3H2,1-2H3,(H,19,23)(H2,18,24,25). The van der Waals surface area contributed by atoms with E-state index < -0.39 is 10.0 Å². The summed E-state index contributed by atoms with van der Waals surface area (Å²) in [5.74, 6) is -0.249. The largest absolute Gasteiger partial charge is 0.346 e. The van der Waals surface area contributed by atoms with Crippen LogP contribution in [0.5, 0.6) is 0 Å². The number of amides is 1. The zero-order valence-corrected chi connectivity index (χ0v) is 15.2. The van der Waals surface area contributed by atoms with E-state index in [0.717, 1.165) is 11.1 Å². The monoisotopic (exact) mass is 373 g/mol. The fourth-order valence-corrected chi connectivity index (χ4v) is 3.17. The van der Waals surface area contributed by atoms with Crippen LogP contribution in [0.25, 0.3) is 11.0 Å². The van der Waals surface area contributed by atoms with Gasteiger partial charge in [0.05, 0.1) is 16.5 Å². The second kappa shape index (κ2) is 6.85. The molecule has 1 heterocycles. The third-order valence-corrected chi connectivity index (χ3v) is 5.06. The SMILES string of the molecule is CCn1nnc2cc(C(=O)NC(C)c3ccc(S(N)(=O)=O)cc3)ccc21. The van der Waals surface area contributed by atoms with Gasteiger partial charge in [0.25, 0.3) is 5.91 Å². The highest BCUT2D eigenvalue weighted by molar-refractivity contribution is 7.89. The van der Waals surface area contributed by atoms with Crippen molar-refractivity contribution >= 4 is 27.0 Å². The summed E-state index contributed by atoms with van der Waals surface area (Å²) in [7, 11) is -3.73. The average molecular weight is 373 g/mol. The van der Waals surface area contributed by atoms with Crippen molar-refractivity contribution in [2.24, 2.45) is 5.14 Å². The van der Waals surface area contributed by atoms with E-state index >= 15 is 0 Å². The minimum atomic E-state index is -3.73. The molecule has 2 aromatic carbocycles. The molecule has 3 rings (SSSR count).